The summed E-state index contributed by atoms with van der Waals surface area (Å²) in [6, 6.07) is 9.14. The van der Waals surface area contributed by atoms with Gasteiger partial charge in [-0.2, -0.15) is 0 Å². The predicted molar refractivity (Wildman–Crippen MR) is 108 cm³/mol. The lowest BCUT2D eigenvalue weighted by molar-refractivity contribution is -0.136. The van der Waals surface area contributed by atoms with Gasteiger partial charge in [0, 0.05) is 43.0 Å². The number of amides is 1. The number of nitrogens with zero attached hydrogens (tertiary/aromatic N) is 2. The SMILES string of the molecule is CS(=O)(=O)c1ccc(N2CCCC(C(=O)N3CCc4sccc4C3)C2)cc1. The molecular formula is C20H24N2O3S2. The van der Waals surface area contributed by atoms with Crippen LogP contribution < -0.4 is 4.90 Å². The second-order valence-corrected chi connectivity index (χ2v) is 10.4. The van der Waals surface area contributed by atoms with Crippen LogP contribution in [-0.2, 0) is 27.6 Å². The van der Waals surface area contributed by atoms with Gasteiger partial charge in [0.05, 0.1) is 10.8 Å². The molecule has 3 heterocycles. The van der Waals surface area contributed by atoms with E-state index in [9.17, 15) is 13.2 Å². The van der Waals surface area contributed by atoms with E-state index in [2.05, 4.69) is 16.3 Å². The molecule has 2 aliphatic heterocycles. The fourth-order valence-corrected chi connectivity index (χ4v) is 5.53. The van der Waals surface area contributed by atoms with Crippen molar-refractivity contribution in [1.82, 2.24) is 4.90 Å². The second kappa shape index (κ2) is 7.28. The van der Waals surface area contributed by atoms with Gasteiger partial charge in [0.1, 0.15) is 0 Å². The Hall–Kier alpha value is -1.86. The van der Waals surface area contributed by atoms with E-state index in [0.29, 0.717) is 11.4 Å². The molecule has 5 nitrogen and oxygen atoms in total. The number of hydrogen-bond acceptors (Lipinski definition) is 5. The van der Waals surface area contributed by atoms with E-state index in [1.807, 2.05) is 17.0 Å². The highest BCUT2D eigenvalue weighted by Crippen LogP contribution is 2.29. The summed E-state index contributed by atoms with van der Waals surface area (Å²) in [5.74, 6) is 0.262. The summed E-state index contributed by atoms with van der Waals surface area (Å²) < 4.78 is 23.3. The smallest absolute Gasteiger partial charge is 0.227 e. The molecule has 1 fully saturated rings. The minimum atomic E-state index is -3.19. The maximum absolute atomic E-state index is 13.1. The van der Waals surface area contributed by atoms with E-state index in [-0.39, 0.29) is 11.8 Å². The van der Waals surface area contributed by atoms with Gasteiger partial charge in [-0.3, -0.25) is 4.79 Å². The normalized spacial score (nSPS) is 20.4. The fraction of sp³-hybridized carbons (Fsp3) is 0.450. The summed E-state index contributed by atoms with van der Waals surface area (Å²) in [4.78, 5) is 19.0. The molecule has 1 aromatic carbocycles. The lowest BCUT2D eigenvalue weighted by atomic mass is 9.95. The van der Waals surface area contributed by atoms with Crippen LogP contribution in [0.3, 0.4) is 0 Å². The Morgan fingerprint density at radius 1 is 1.15 bits per heavy atom. The number of rotatable bonds is 3. The zero-order valence-corrected chi connectivity index (χ0v) is 17.1. The van der Waals surface area contributed by atoms with Crippen LogP contribution >= 0.6 is 11.3 Å². The van der Waals surface area contributed by atoms with Gasteiger partial charge >= 0.3 is 0 Å². The Labute approximate surface area is 164 Å². The summed E-state index contributed by atoms with van der Waals surface area (Å²) >= 11 is 1.79. The number of thiophene rings is 1. The van der Waals surface area contributed by atoms with Crippen molar-refractivity contribution in [3.63, 3.8) is 0 Å². The molecule has 4 rings (SSSR count). The van der Waals surface area contributed by atoms with Crippen molar-refractivity contribution in [2.24, 2.45) is 5.92 Å². The first-order valence-corrected chi connectivity index (χ1v) is 12.1. The van der Waals surface area contributed by atoms with Gasteiger partial charge in [0.15, 0.2) is 9.84 Å². The highest BCUT2D eigenvalue weighted by molar-refractivity contribution is 7.90. The van der Waals surface area contributed by atoms with Crippen molar-refractivity contribution in [3.8, 4) is 0 Å². The summed E-state index contributed by atoms with van der Waals surface area (Å²) in [5.41, 5.74) is 2.28. The quantitative estimate of drug-likeness (QED) is 0.789. The van der Waals surface area contributed by atoms with E-state index in [0.717, 1.165) is 44.6 Å². The molecule has 144 valence electrons. The number of hydrogen-bond donors (Lipinski definition) is 0. The largest absolute Gasteiger partial charge is 0.371 e. The summed E-state index contributed by atoms with van der Waals surface area (Å²) in [6.07, 6.45) is 4.07. The number of benzene rings is 1. The van der Waals surface area contributed by atoms with Gasteiger partial charge in [0.2, 0.25) is 5.91 Å². The van der Waals surface area contributed by atoms with Gasteiger partial charge in [-0.05, 0) is 60.5 Å². The number of anilines is 1. The molecule has 1 amide bonds. The number of fused-ring (bicyclic) bond motifs is 1. The summed E-state index contributed by atoms with van der Waals surface area (Å²) in [7, 11) is -3.19. The monoisotopic (exact) mass is 404 g/mol. The van der Waals surface area contributed by atoms with Crippen LogP contribution in [0.2, 0.25) is 0 Å². The van der Waals surface area contributed by atoms with E-state index < -0.39 is 9.84 Å². The molecule has 7 heteroatoms. The van der Waals surface area contributed by atoms with E-state index >= 15 is 0 Å². The molecule has 1 aromatic heterocycles. The predicted octanol–water partition coefficient (Wildman–Crippen LogP) is 2.95. The first kappa shape index (κ1) is 18.5. The van der Waals surface area contributed by atoms with Crippen molar-refractivity contribution in [2.45, 2.75) is 30.7 Å². The van der Waals surface area contributed by atoms with Crippen LogP contribution in [0.5, 0.6) is 0 Å². The summed E-state index contributed by atoms with van der Waals surface area (Å²) in [6.45, 7) is 3.14. The van der Waals surface area contributed by atoms with Gasteiger partial charge in [-0.1, -0.05) is 0 Å². The van der Waals surface area contributed by atoms with Crippen LogP contribution in [0.4, 0.5) is 5.69 Å². The Morgan fingerprint density at radius 3 is 2.67 bits per heavy atom. The highest BCUT2D eigenvalue weighted by Gasteiger charge is 2.31. The molecule has 0 bridgehead atoms. The number of piperidine rings is 1. The third-order valence-electron chi connectivity index (χ3n) is 5.52. The zero-order valence-electron chi connectivity index (χ0n) is 15.4. The van der Waals surface area contributed by atoms with Crippen LogP contribution in [0, 0.1) is 5.92 Å². The molecule has 2 aliphatic rings. The topological polar surface area (TPSA) is 57.7 Å². The van der Waals surface area contributed by atoms with E-state index in [1.165, 1.54) is 16.7 Å². The number of sulfone groups is 1. The highest BCUT2D eigenvalue weighted by atomic mass is 32.2. The van der Waals surface area contributed by atoms with Gasteiger partial charge in [-0.25, -0.2) is 8.42 Å². The Balaban J connectivity index is 1.44. The maximum atomic E-state index is 13.1. The van der Waals surface area contributed by atoms with Crippen molar-refractivity contribution in [2.75, 3.05) is 30.8 Å². The minimum Gasteiger partial charge on any atom is -0.371 e. The van der Waals surface area contributed by atoms with Crippen LogP contribution in [0.15, 0.2) is 40.6 Å². The first-order chi connectivity index (χ1) is 12.9. The van der Waals surface area contributed by atoms with E-state index in [1.54, 1.807) is 23.5 Å². The standard InChI is InChI=1S/C20H24N2O3S2/c1-27(24,25)18-6-4-17(5-7-18)21-10-2-3-16(14-21)20(23)22-11-8-19-15(13-22)9-12-26-19/h4-7,9,12,16H,2-3,8,10-11,13-14H2,1H3. The van der Waals surface area contributed by atoms with Gasteiger partial charge < -0.3 is 9.80 Å². The van der Waals surface area contributed by atoms with Crippen molar-refractivity contribution < 1.29 is 13.2 Å². The maximum Gasteiger partial charge on any atom is 0.227 e. The third kappa shape index (κ3) is 3.89. The molecule has 1 atom stereocenters. The zero-order chi connectivity index (χ0) is 19.0. The van der Waals surface area contributed by atoms with Gasteiger partial charge in [0.25, 0.3) is 0 Å². The number of carbonyl (C=O) groups is 1. The third-order valence-corrected chi connectivity index (χ3v) is 7.67. The van der Waals surface area contributed by atoms with Crippen LogP contribution in [0.25, 0.3) is 0 Å². The number of carbonyl (C=O) groups excluding carboxylic acids is 1. The van der Waals surface area contributed by atoms with Crippen molar-refractivity contribution in [3.05, 3.63) is 46.2 Å². The lowest BCUT2D eigenvalue weighted by Gasteiger charge is -2.37. The first-order valence-electron chi connectivity index (χ1n) is 9.31. The van der Waals surface area contributed by atoms with Crippen molar-refractivity contribution in [1.29, 1.82) is 0 Å². The van der Waals surface area contributed by atoms with Crippen molar-refractivity contribution >= 4 is 32.8 Å². The molecule has 1 saturated heterocycles. The average Bonchev–Trinajstić information content (AvgIpc) is 3.15. The van der Waals surface area contributed by atoms with Gasteiger partial charge in [-0.15, -0.1) is 11.3 Å². The molecule has 0 saturated carbocycles. The fourth-order valence-electron chi connectivity index (χ4n) is 4.01. The average molecular weight is 405 g/mol. The summed E-state index contributed by atoms with van der Waals surface area (Å²) in [5, 5.41) is 2.11. The Bertz CT molecular complexity index is 934. The molecule has 0 N–H and O–H groups in total. The molecule has 1 unspecified atom stereocenters. The molecule has 0 radical (unpaired) electrons. The van der Waals surface area contributed by atoms with Crippen LogP contribution in [0.1, 0.15) is 23.3 Å². The Morgan fingerprint density at radius 2 is 1.93 bits per heavy atom. The van der Waals surface area contributed by atoms with E-state index in [4.69, 9.17) is 0 Å². The molecule has 27 heavy (non-hydrogen) atoms. The lowest BCUT2D eigenvalue weighted by Crippen LogP contribution is -2.46. The second-order valence-electron chi connectivity index (χ2n) is 7.43. The molecular weight excluding hydrogens is 380 g/mol. The van der Waals surface area contributed by atoms with Crippen LogP contribution in [-0.4, -0.2) is 45.1 Å². The molecule has 0 aliphatic carbocycles. The Kier molecular flexibility index (Phi) is 4.99. The molecule has 2 aromatic rings. The molecule has 0 spiro atoms. The minimum absolute atomic E-state index is 0.00789.